The van der Waals surface area contributed by atoms with Crippen LogP contribution in [-0.2, 0) is 22.6 Å². The second kappa shape index (κ2) is 9.70. The predicted octanol–water partition coefficient (Wildman–Crippen LogP) is 2.90. The van der Waals surface area contributed by atoms with Gasteiger partial charge in [-0.05, 0) is 61.1 Å². The Morgan fingerprint density at radius 1 is 1.03 bits per heavy atom. The average Bonchev–Trinajstić information content (AvgIpc) is 2.98. The number of aromatic nitrogens is 1. The van der Waals surface area contributed by atoms with Crippen molar-refractivity contribution in [1.82, 2.24) is 19.7 Å². The van der Waals surface area contributed by atoms with Gasteiger partial charge in [-0.2, -0.15) is 0 Å². The van der Waals surface area contributed by atoms with E-state index in [0.717, 1.165) is 49.3 Å². The molecule has 8 heteroatoms. The number of nitrogens with one attached hydrogen (secondary N) is 1. The van der Waals surface area contributed by atoms with Gasteiger partial charge in [0, 0.05) is 58.2 Å². The molecule has 0 saturated carbocycles. The maximum absolute atomic E-state index is 13.3. The van der Waals surface area contributed by atoms with Crippen molar-refractivity contribution in [2.24, 2.45) is 0 Å². The van der Waals surface area contributed by atoms with Gasteiger partial charge >= 0.3 is 6.03 Å². The number of urea groups is 1. The van der Waals surface area contributed by atoms with E-state index < -0.39 is 5.54 Å². The van der Waals surface area contributed by atoms with Crippen LogP contribution in [0.25, 0.3) is 0 Å². The van der Waals surface area contributed by atoms with Crippen molar-refractivity contribution in [3.05, 3.63) is 59.9 Å². The molecular weight excluding hydrogens is 418 g/mol. The van der Waals surface area contributed by atoms with E-state index in [2.05, 4.69) is 15.2 Å². The van der Waals surface area contributed by atoms with E-state index in [-0.39, 0.29) is 17.8 Å². The number of likely N-dealkylation sites (tertiary alicyclic amines) is 1. The molecule has 0 radical (unpaired) electrons. The Bertz CT molecular complexity index is 1000. The molecule has 33 heavy (non-hydrogen) atoms. The van der Waals surface area contributed by atoms with E-state index in [1.807, 2.05) is 36.4 Å². The number of imide groups is 1. The first-order valence-electron chi connectivity index (χ1n) is 11.5. The molecule has 4 rings (SSSR count). The number of anilines is 1. The van der Waals surface area contributed by atoms with Crippen molar-refractivity contribution >= 4 is 23.5 Å². The van der Waals surface area contributed by atoms with Crippen LogP contribution in [0.1, 0.15) is 37.3 Å². The molecule has 2 saturated heterocycles. The Morgan fingerprint density at radius 3 is 2.33 bits per heavy atom. The molecule has 8 nitrogen and oxygen atoms in total. The van der Waals surface area contributed by atoms with Gasteiger partial charge in [-0.3, -0.25) is 24.4 Å². The molecule has 2 aromatic rings. The van der Waals surface area contributed by atoms with Crippen LogP contribution in [-0.4, -0.2) is 69.8 Å². The summed E-state index contributed by atoms with van der Waals surface area (Å²) in [5.74, 6) is -0.139. The summed E-state index contributed by atoms with van der Waals surface area (Å²) in [6, 6.07) is 11.6. The average molecular weight is 450 g/mol. The number of pyridine rings is 1. The summed E-state index contributed by atoms with van der Waals surface area (Å²) < 4.78 is 0. The SMILES string of the molecule is CC(=O)Nc1ccc(CN2CCC3(CC2)C(=O)N(CCCc2ccncc2)C(=O)N3C)cc1. The van der Waals surface area contributed by atoms with Gasteiger partial charge in [-0.15, -0.1) is 0 Å². The second-order valence-electron chi connectivity index (χ2n) is 8.94. The number of piperidine rings is 1. The van der Waals surface area contributed by atoms with Gasteiger partial charge in [0.05, 0.1) is 0 Å². The molecule has 2 aliphatic rings. The highest BCUT2D eigenvalue weighted by molar-refractivity contribution is 6.07. The lowest BCUT2D eigenvalue weighted by Crippen LogP contribution is -2.55. The Morgan fingerprint density at radius 2 is 1.70 bits per heavy atom. The minimum absolute atomic E-state index is 0.0518. The number of amides is 4. The van der Waals surface area contributed by atoms with E-state index in [1.54, 1.807) is 24.3 Å². The highest BCUT2D eigenvalue weighted by Crippen LogP contribution is 2.36. The number of carbonyl (C=O) groups is 3. The number of hydrogen-bond donors (Lipinski definition) is 1. The highest BCUT2D eigenvalue weighted by Gasteiger charge is 2.56. The fraction of sp³-hybridized carbons (Fsp3) is 0.440. The molecule has 174 valence electrons. The molecule has 1 aromatic heterocycles. The van der Waals surface area contributed by atoms with Crippen molar-refractivity contribution in [2.45, 2.75) is 44.7 Å². The largest absolute Gasteiger partial charge is 0.327 e. The van der Waals surface area contributed by atoms with Crippen molar-refractivity contribution in [1.29, 1.82) is 0 Å². The standard InChI is InChI=1S/C25H31N5O3/c1-19(31)27-22-7-5-21(6-8-22)18-29-16-11-25(12-17-29)23(32)30(24(33)28(25)2)15-3-4-20-9-13-26-14-10-20/h5-10,13-14H,3-4,11-12,15-18H2,1-2H3,(H,27,31). The molecule has 4 amide bonds. The molecule has 0 unspecified atom stereocenters. The number of hydrogen-bond acceptors (Lipinski definition) is 5. The second-order valence-corrected chi connectivity index (χ2v) is 8.94. The Labute approximate surface area is 194 Å². The van der Waals surface area contributed by atoms with Crippen LogP contribution in [0.15, 0.2) is 48.8 Å². The zero-order chi connectivity index (χ0) is 23.4. The summed E-state index contributed by atoms with van der Waals surface area (Å²) in [6.45, 7) is 4.21. The maximum atomic E-state index is 13.3. The molecule has 0 atom stereocenters. The van der Waals surface area contributed by atoms with Crippen LogP contribution in [0.5, 0.6) is 0 Å². The third kappa shape index (κ3) is 4.90. The number of carbonyl (C=O) groups excluding carboxylic acids is 3. The summed E-state index contributed by atoms with van der Waals surface area (Å²) in [5.41, 5.74) is 2.37. The monoisotopic (exact) mass is 449 g/mol. The summed E-state index contributed by atoms with van der Waals surface area (Å²) in [6.07, 6.45) is 6.35. The van der Waals surface area contributed by atoms with Gasteiger partial charge < -0.3 is 10.2 Å². The highest BCUT2D eigenvalue weighted by atomic mass is 16.2. The summed E-state index contributed by atoms with van der Waals surface area (Å²) >= 11 is 0. The third-order valence-corrected chi connectivity index (χ3v) is 6.76. The predicted molar refractivity (Wildman–Crippen MR) is 125 cm³/mol. The number of aryl methyl sites for hydroxylation is 1. The number of nitrogens with zero attached hydrogens (tertiary/aromatic N) is 4. The molecule has 1 spiro atoms. The van der Waals surface area contributed by atoms with Gasteiger partial charge in [-0.25, -0.2) is 4.79 Å². The molecule has 0 bridgehead atoms. The summed E-state index contributed by atoms with van der Waals surface area (Å²) in [7, 11) is 1.76. The fourth-order valence-corrected chi connectivity index (χ4v) is 4.82. The van der Waals surface area contributed by atoms with Crippen molar-refractivity contribution < 1.29 is 14.4 Å². The first kappa shape index (κ1) is 22.9. The fourth-order valence-electron chi connectivity index (χ4n) is 4.82. The third-order valence-electron chi connectivity index (χ3n) is 6.76. The first-order chi connectivity index (χ1) is 15.9. The minimum Gasteiger partial charge on any atom is -0.326 e. The van der Waals surface area contributed by atoms with Gasteiger partial charge in [0.25, 0.3) is 5.91 Å². The lowest BCUT2D eigenvalue weighted by Gasteiger charge is -2.40. The molecule has 3 heterocycles. The Kier molecular flexibility index (Phi) is 6.74. The van der Waals surface area contributed by atoms with Crippen LogP contribution in [0.3, 0.4) is 0 Å². The molecule has 2 aliphatic heterocycles. The quantitative estimate of drug-likeness (QED) is 0.657. The molecule has 1 N–H and O–H groups in total. The van der Waals surface area contributed by atoms with Gasteiger partial charge in [0.15, 0.2) is 0 Å². The van der Waals surface area contributed by atoms with Gasteiger partial charge in [0.1, 0.15) is 5.54 Å². The minimum atomic E-state index is -0.723. The van der Waals surface area contributed by atoms with E-state index in [1.165, 1.54) is 11.8 Å². The Hall–Kier alpha value is -3.26. The zero-order valence-electron chi connectivity index (χ0n) is 19.3. The van der Waals surface area contributed by atoms with E-state index in [4.69, 9.17) is 0 Å². The van der Waals surface area contributed by atoms with Crippen LogP contribution >= 0.6 is 0 Å². The van der Waals surface area contributed by atoms with Gasteiger partial charge in [-0.1, -0.05) is 12.1 Å². The van der Waals surface area contributed by atoms with Crippen LogP contribution in [0.2, 0.25) is 0 Å². The molecule has 1 aromatic carbocycles. The topological polar surface area (TPSA) is 85.9 Å². The van der Waals surface area contributed by atoms with Crippen LogP contribution < -0.4 is 5.32 Å². The number of rotatable bonds is 7. The van der Waals surface area contributed by atoms with Crippen molar-refractivity contribution in [2.75, 3.05) is 32.0 Å². The van der Waals surface area contributed by atoms with E-state index in [9.17, 15) is 14.4 Å². The number of likely N-dealkylation sites (N-methyl/N-ethyl adjacent to an activating group) is 1. The smallest absolute Gasteiger partial charge is 0.326 e. The first-order valence-corrected chi connectivity index (χ1v) is 11.5. The Balaban J connectivity index is 1.32. The van der Waals surface area contributed by atoms with Crippen molar-refractivity contribution in [3.63, 3.8) is 0 Å². The molecular formula is C25H31N5O3. The lowest BCUT2D eigenvalue weighted by atomic mass is 9.86. The van der Waals surface area contributed by atoms with Crippen LogP contribution in [0, 0.1) is 0 Å². The number of benzene rings is 1. The molecule has 0 aliphatic carbocycles. The van der Waals surface area contributed by atoms with Crippen LogP contribution in [0.4, 0.5) is 10.5 Å². The van der Waals surface area contributed by atoms with E-state index in [0.29, 0.717) is 19.4 Å². The maximum Gasteiger partial charge on any atom is 0.327 e. The molecule has 2 fully saturated rings. The van der Waals surface area contributed by atoms with E-state index >= 15 is 0 Å². The lowest BCUT2D eigenvalue weighted by molar-refractivity contribution is -0.135. The van der Waals surface area contributed by atoms with Gasteiger partial charge in [0.2, 0.25) is 5.91 Å². The zero-order valence-corrected chi connectivity index (χ0v) is 19.3. The van der Waals surface area contributed by atoms with Crippen molar-refractivity contribution in [3.8, 4) is 0 Å². The normalized spacial score (nSPS) is 18.2. The summed E-state index contributed by atoms with van der Waals surface area (Å²) in [5, 5.41) is 2.78. The summed E-state index contributed by atoms with van der Waals surface area (Å²) in [4.78, 5) is 46.9.